The standard InChI is InChI=1S/C9H8F4O2/c10-8(11)7(14)5-1-3-6(4-2-5)15-9(12)13/h1-4,7-9,14H. The maximum atomic E-state index is 12.0. The first-order valence-corrected chi connectivity index (χ1v) is 4.01. The molecule has 1 N–H and O–H groups in total. The molecule has 0 aromatic heterocycles. The third-order valence-electron chi connectivity index (χ3n) is 1.69. The van der Waals surface area contributed by atoms with Crippen molar-refractivity contribution in [1.29, 1.82) is 0 Å². The lowest BCUT2D eigenvalue weighted by atomic mass is 10.1. The zero-order chi connectivity index (χ0) is 11.4. The fourth-order valence-corrected chi connectivity index (χ4v) is 0.992. The molecule has 0 spiro atoms. The molecule has 0 bridgehead atoms. The Bertz CT molecular complexity index is 299. The molecule has 0 aliphatic rings. The van der Waals surface area contributed by atoms with Gasteiger partial charge >= 0.3 is 6.61 Å². The highest BCUT2D eigenvalue weighted by atomic mass is 19.3. The molecule has 1 aromatic rings. The van der Waals surface area contributed by atoms with Crippen LogP contribution in [0, 0.1) is 0 Å². The van der Waals surface area contributed by atoms with Crippen LogP contribution in [0.3, 0.4) is 0 Å². The first-order chi connectivity index (χ1) is 7.00. The van der Waals surface area contributed by atoms with Gasteiger partial charge in [0.15, 0.2) is 0 Å². The van der Waals surface area contributed by atoms with Crippen LogP contribution in [0.25, 0.3) is 0 Å². The minimum Gasteiger partial charge on any atom is -0.435 e. The number of hydrogen-bond acceptors (Lipinski definition) is 2. The maximum absolute atomic E-state index is 12.0. The Morgan fingerprint density at radius 3 is 1.93 bits per heavy atom. The molecule has 0 amide bonds. The van der Waals surface area contributed by atoms with Crippen LogP contribution in [0.1, 0.15) is 11.7 Å². The lowest BCUT2D eigenvalue weighted by molar-refractivity contribution is -0.0499. The Morgan fingerprint density at radius 2 is 1.53 bits per heavy atom. The summed E-state index contributed by atoms with van der Waals surface area (Å²) >= 11 is 0. The Morgan fingerprint density at radius 1 is 1.00 bits per heavy atom. The fourth-order valence-electron chi connectivity index (χ4n) is 0.992. The predicted molar refractivity (Wildman–Crippen MR) is 44.0 cm³/mol. The molecule has 6 heteroatoms. The fraction of sp³-hybridized carbons (Fsp3) is 0.333. The van der Waals surface area contributed by atoms with E-state index in [2.05, 4.69) is 4.74 Å². The van der Waals surface area contributed by atoms with Crippen LogP contribution in [-0.4, -0.2) is 18.1 Å². The van der Waals surface area contributed by atoms with E-state index in [1.54, 1.807) is 0 Å². The van der Waals surface area contributed by atoms with E-state index >= 15 is 0 Å². The lowest BCUT2D eigenvalue weighted by Gasteiger charge is -2.10. The average molecular weight is 224 g/mol. The van der Waals surface area contributed by atoms with Gasteiger partial charge in [-0.1, -0.05) is 12.1 Å². The molecule has 1 atom stereocenters. The van der Waals surface area contributed by atoms with Crippen molar-refractivity contribution in [3.8, 4) is 5.75 Å². The van der Waals surface area contributed by atoms with Gasteiger partial charge in [-0.3, -0.25) is 0 Å². The molecule has 0 saturated carbocycles. The summed E-state index contributed by atoms with van der Waals surface area (Å²) < 4.78 is 51.5. The van der Waals surface area contributed by atoms with Crippen LogP contribution >= 0.6 is 0 Å². The Kier molecular flexibility index (Phi) is 3.90. The first kappa shape index (κ1) is 11.8. The van der Waals surface area contributed by atoms with E-state index < -0.39 is 19.1 Å². The topological polar surface area (TPSA) is 29.5 Å². The van der Waals surface area contributed by atoms with Crippen LogP contribution in [-0.2, 0) is 0 Å². The van der Waals surface area contributed by atoms with Crippen LogP contribution in [0.5, 0.6) is 5.75 Å². The normalized spacial score (nSPS) is 13.3. The molecule has 1 unspecified atom stereocenters. The second-order valence-corrected chi connectivity index (χ2v) is 2.73. The van der Waals surface area contributed by atoms with Gasteiger partial charge in [-0.2, -0.15) is 8.78 Å². The van der Waals surface area contributed by atoms with Crippen molar-refractivity contribution in [2.75, 3.05) is 0 Å². The van der Waals surface area contributed by atoms with Gasteiger partial charge in [-0.25, -0.2) is 8.78 Å². The van der Waals surface area contributed by atoms with E-state index in [9.17, 15) is 17.6 Å². The summed E-state index contributed by atoms with van der Waals surface area (Å²) in [6.07, 6.45) is -4.82. The molecule has 0 aliphatic heterocycles. The van der Waals surface area contributed by atoms with Gasteiger partial charge < -0.3 is 9.84 Å². The molecule has 2 nitrogen and oxygen atoms in total. The minimum absolute atomic E-state index is 0.0494. The Labute approximate surface area is 83.1 Å². The highest BCUT2D eigenvalue weighted by Crippen LogP contribution is 2.23. The quantitative estimate of drug-likeness (QED) is 0.796. The van der Waals surface area contributed by atoms with Crippen molar-refractivity contribution in [3.63, 3.8) is 0 Å². The third-order valence-corrected chi connectivity index (χ3v) is 1.69. The lowest BCUT2D eigenvalue weighted by Crippen LogP contribution is -2.08. The molecular weight excluding hydrogens is 216 g/mol. The largest absolute Gasteiger partial charge is 0.435 e. The van der Waals surface area contributed by atoms with Crippen LogP contribution in [0.2, 0.25) is 0 Å². The number of ether oxygens (including phenoxy) is 1. The zero-order valence-electron chi connectivity index (χ0n) is 7.41. The molecule has 0 radical (unpaired) electrons. The van der Waals surface area contributed by atoms with Crippen molar-refractivity contribution in [2.24, 2.45) is 0 Å². The third kappa shape index (κ3) is 3.39. The predicted octanol–water partition coefficient (Wildman–Crippen LogP) is 2.59. The van der Waals surface area contributed by atoms with Crippen LogP contribution in [0.15, 0.2) is 24.3 Å². The number of aliphatic hydroxyl groups excluding tert-OH is 1. The monoisotopic (exact) mass is 224 g/mol. The van der Waals surface area contributed by atoms with E-state index in [1.165, 1.54) is 0 Å². The molecule has 0 heterocycles. The average Bonchev–Trinajstić information content (AvgIpc) is 2.17. The second kappa shape index (κ2) is 4.97. The number of hydrogen-bond donors (Lipinski definition) is 1. The van der Waals surface area contributed by atoms with E-state index in [4.69, 9.17) is 5.11 Å². The molecule has 15 heavy (non-hydrogen) atoms. The molecular formula is C9H8F4O2. The highest BCUT2D eigenvalue weighted by molar-refractivity contribution is 5.28. The van der Waals surface area contributed by atoms with Crippen LogP contribution in [0.4, 0.5) is 17.6 Å². The Balaban J connectivity index is 2.72. The van der Waals surface area contributed by atoms with Gasteiger partial charge in [0.25, 0.3) is 6.43 Å². The van der Waals surface area contributed by atoms with E-state index in [0.29, 0.717) is 0 Å². The second-order valence-electron chi connectivity index (χ2n) is 2.73. The minimum atomic E-state index is -2.96. The SMILES string of the molecule is OC(c1ccc(OC(F)F)cc1)C(F)F. The smallest absolute Gasteiger partial charge is 0.387 e. The summed E-state index contributed by atoms with van der Waals surface area (Å²) in [5, 5.41) is 8.93. The first-order valence-electron chi connectivity index (χ1n) is 4.01. The Hall–Kier alpha value is -1.30. The summed E-state index contributed by atoms with van der Waals surface area (Å²) in [4.78, 5) is 0. The van der Waals surface area contributed by atoms with Gasteiger partial charge in [0.05, 0.1) is 0 Å². The van der Waals surface area contributed by atoms with Gasteiger partial charge in [0.2, 0.25) is 0 Å². The van der Waals surface area contributed by atoms with E-state index in [-0.39, 0.29) is 11.3 Å². The molecule has 1 aromatic carbocycles. The van der Waals surface area contributed by atoms with Gasteiger partial charge in [0, 0.05) is 0 Å². The van der Waals surface area contributed by atoms with Gasteiger partial charge in [-0.05, 0) is 17.7 Å². The number of aliphatic hydroxyl groups is 1. The van der Waals surface area contributed by atoms with Crippen LogP contribution < -0.4 is 4.74 Å². The van der Waals surface area contributed by atoms with Crippen molar-refractivity contribution < 1.29 is 27.4 Å². The molecule has 0 fully saturated rings. The van der Waals surface area contributed by atoms with Gasteiger partial charge in [0.1, 0.15) is 11.9 Å². The number of benzene rings is 1. The van der Waals surface area contributed by atoms with Crippen molar-refractivity contribution in [1.82, 2.24) is 0 Å². The summed E-state index contributed by atoms with van der Waals surface area (Å²) in [6, 6.07) is 4.39. The van der Waals surface area contributed by atoms with E-state index in [0.717, 1.165) is 24.3 Å². The zero-order valence-corrected chi connectivity index (χ0v) is 7.41. The number of halogens is 4. The summed E-state index contributed by atoms with van der Waals surface area (Å²) in [5.74, 6) is -0.143. The van der Waals surface area contributed by atoms with Crippen molar-refractivity contribution >= 4 is 0 Å². The van der Waals surface area contributed by atoms with E-state index in [1.807, 2.05) is 0 Å². The number of rotatable bonds is 4. The molecule has 0 saturated heterocycles. The van der Waals surface area contributed by atoms with Gasteiger partial charge in [-0.15, -0.1) is 0 Å². The molecule has 0 aliphatic carbocycles. The van der Waals surface area contributed by atoms with Crippen molar-refractivity contribution in [3.05, 3.63) is 29.8 Å². The molecule has 1 rings (SSSR count). The van der Waals surface area contributed by atoms with Crippen molar-refractivity contribution in [2.45, 2.75) is 19.1 Å². The molecule has 84 valence electrons. The number of alkyl halides is 4. The highest BCUT2D eigenvalue weighted by Gasteiger charge is 2.18. The maximum Gasteiger partial charge on any atom is 0.387 e. The summed E-state index contributed by atoms with van der Waals surface area (Å²) in [7, 11) is 0. The summed E-state index contributed by atoms with van der Waals surface area (Å²) in [5.41, 5.74) is -0.0494. The summed E-state index contributed by atoms with van der Waals surface area (Å²) in [6.45, 7) is -2.96.